The Bertz CT molecular complexity index is 2670. The summed E-state index contributed by atoms with van der Waals surface area (Å²) in [5, 5.41) is 0. The summed E-state index contributed by atoms with van der Waals surface area (Å²) >= 11 is 0. The molecule has 270 valence electrons. The van der Waals surface area contributed by atoms with Crippen LogP contribution in [0.2, 0.25) is 0 Å². The lowest BCUT2D eigenvalue weighted by Gasteiger charge is -2.38. The van der Waals surface area contributed by atoms with Gasteiger partial charge in [-0.2, -0.15) is 0 Å². The number of amides is 2. The number of hydrogen-bond acceptors (Lipinski definition) is 8. The highest BCUT2D eigenvalue weighted by Gasteiger charge is 2.37. The van der Waals surface area contributed by atoms with Gasteiger partial charge >= 0.3 is 0 Å². The number of H-pyrrole nitrogens is 2. The number of carbonyl (C=O) groups excluding carboxylic acids is 2. The summed E-state index contributed by atoms with van der Waals surface area (Å²) < 4.78 is 4.32. The highest BCUT2D eigenvalue weighted by Crippen LogP contribution is 2.37. The Morgan fingerprint density at radius 3 is 1.94 bits per heavy atom. The number of piperidine rings is 2. The molecule has 0 bridgehead atoms. The molecule has 2 aliphatic heterocycles. The normalized spacial score (nSPS) is 20.8. The number of nitrogens with one attached hydrogen (secondary N) is 2. The van der Waals surface area contributed by atoms with Crippen LogP contribution >= 0.6 is 0 Å². The summed E-state index contributed by atoms with van der Waals surface area (Å²) in [7, 11) is 0. The third-order valence-electron chi connectivity index (χ3n) is 11.6. The Kier molecular flexibility index (Phi) is 7.70. The molecule has 14 nitrogen and oxygen atoms in total. The molecule has 0 aromatic carbocycles. The maximum atomic E-state index is 14.2. The Morgan fingerprint density at radius 2 is 1.26 bits per heavy atom. The number of rotatable bonds is 6. The first-order valence-electron chi connectivity index (χ1n) is 18.5. The number of fused-ring (bicyclic) bond motifs is 6. The van der Waals surface area contributed by atoms with Gasteiger partial charge in [-0.1, -0.05) is 6.92 Å². The summed E-state index contributed by atoms with van der Waals surface area (Å²) in [6.45, 7) is 4.61. The number of aromatic amines is 2. The van der Waals surface area contributed by atoms with E-state index in [-0.39, 0.29) is 29.6 Å². The molecule has 8 aromatic rings. The molecule has 14 heteroatoms. The molecule has 0 aliphatic carbocycles. The molecule has 0 radical (unpaired) electrons. The second-order valence-corrected chi connectivity index (χ2v) is 14.7. The van der Waals surface area contributed by atoms with E-state index in [1.165, 1.54) is 0 Å². The lowest BCUT2D eigenvalue weighted by molar-refractivity contribution is 0.0648. The van der Waals surface area contributed by atoms with Gasteiger partial charge in [-0.15, -0.1) is 0 Å². The minimum Gasteiger partial charge on any atom is -0.345 e. The SMILES string of the molecule is C[C@H]1CCN(C(=O)c2ccnc(C[C@@H]3CCN(C(=O)c4ccncc4)C[C@@H]3c3ncc4cnc5[nH]ccc5n34)c2)C[C@H]1c1ncc2cnc3[nH]ccc3n12. The highest BCUT2D eigenvalue weighted by molar-refractivity contribution is 5.95. The van der Waals surface area contributed by atoms with Gasteiger partial charge < -0.3 is 19.8 Å². The summed E-state index contributed by atoms with van der Waals surface area (Å²) in [5.41, 5.74) is 7.44. The molecule has 0 spiro atoms. The third-order valence-corrected chi connectivity index (χ3v) is 11.6. The van der Waals surface area contributed by atoms with Crippen LogP contribution in [0.15, 0.2) is 92.2 Å². The largest absolute Gasteiger partial charge is 0.345 e. The van der Waals surface area contributed by atoms with Gasteiger partial charge in [-0.05, 0) is 67.5 Å². The quantitative estimate of drug-likeness (QED) is 0.235. The smallest absolute Gasteiger partial charge is 0.253 e. The van der Waals surface area contributed by atoms with E-state index in [1.54, 1.807) is 30.7 Å². The molecule has 0 saturated carbocycles. The molecule has 4 atom stereocenters. The van der Waals surface area contributed by atoms with Gasteiger partial charge in [0.1, 0.15) is 11.6 Å². The van der Waals surface area contributed by atoms with E-state index in [2.05, 4.69) is 40.6 Å². The molecular formula is C40H38N12O2. The standard InChI is InChI=1S/C40H38N12O2/c1-24-7-14-49(22-31(24)37-47-20-29-18-45-35-33(51(29)37)5-12-43-35)40(54)27-4-11-42-28(17-27)16-26-8-15-50(39(53)25-2-9-41-10-3-25)23-32(26)38-48-21-30-19-46-36-34(52(30)38)6-13-44-36/h2-6,9-13,17-21,24,26,31-32,43-44H,7-8,14-16,22-23H2,1H3/t24-,26-,31+,32-/m0/s1. The fraction of sp³-hybridized carbons (Fsp3) is 0.300. The van der Waals surface area contributed by atoms with Crippen molar-refractivity contribution in [3.8, 4) is 0 Å². The Morgan fingerprint density at radius 1 is 0.685 bits per heavy atom. The zero-order valence-corrected chi connectivity index (χ0v) is 29.7. The van der Waals surface area contributed by atoms with E-state index in [0.29, 0.717) is 49.6 Å². The minimum atomic E-state index is -0.0934. The lowest BCUT2D eigenvalue weighted by Crippen LogP contribution is -2.44. The average Bonchev–Trinajstić information content (AvgIpc) is 4.04. The van der Waals surface area contributed by atoms with Crippen molar-refractivity contribution in [1.82, 2.24) is 58.5 Å². The van der Waals surface area contributed by atoms with Crippen LogP contribution in [-0.4, -0.2) is 96.5 Å². The zero-order chi connectivity index (χ0) is 36.3. The van der Waals surface area contributed by atoms with Crippen LogP contribution in [0.5, 0.6) is 0 Å². The van der Waals surface area contributed by atoms with E-state index in [0.717, 1.165) is 63.5 Å². The van der Waals surface area contributed by atoms with Crippen LogP contribution < -0.4 is 0 Å². The molecule has 2 N–H and O–H groups in total. The maximum Gasteiger partial charge on any atom is 0.253 e. The predicted molar refractivity (Wildman–Crippen MR) is 201 cm³/mol. The second-order valence-electron chi connectivity index (χ2n) is 14.7. The number of aromatic nitrogens is 10. The number of carbonyl (C=O) groups is 2. The fourth-order valence-corrected chi connectivity index (χ4v) is 8.69. The summed E-state index contributed by atoms with van der Waals surface area (Å²) in [4.78, 5) is 66.1. The van der Waals surface area contributed by atoms with Gasteiger partial charge in [0.25, 0.3) is 11.8 Å². The van der Waals surface area contributed by atoms with Crippen LogP contribution in [0.3, 0.4) is 0 Å². The molecule has 2 amide bonds. The first-order valence-corrected chi connectivity index (χ1v) is 18.5. The molecule has 10 rings (SSSR count). The first-order chi connectivity index (χ1) is 26.5. The molecule has 0 unspecified atom stereocenters. The molecular weight excluding hydrogens is 681 g/mol. The van der Waals surface area contributed by atoms with E-state index in [9.17, 15) is 9.59 Å². The van der Waals surface area contributed by atoms with Crippen molar-refractivity contribution in [2.75, 3.05) is 26.2 Å². The lowest BCUT2D eigenvalue weighted by atomic mass is 9.81. The van der Waals surface area contributed by atoms with Gasteiger partial charge in [0, 0.05) is 85.8 Å². The number of pyridine rings is 2. The van der Waals surface area contributed by atoms with Crippen LogP contribution in [0.1, 0.15) is 69.7 Å². The monoisotopic (exact) mass is 718 g/mol. The van der Waals surface area contributed by atoms with Crippen LogP contribution in [0.4, 0.5) is 0 Å². The number of nitrogens with zero attached hydrogens (tertiary/aromatic N) is 10. The van der Waals surface area contributed by atoms with Crippen LogP contribution in [0, 0.1) is 11.8 Å². The van der Waals surface area contributed by atoms with Gasteiger partial charge in [0.15, 0.2) is 11.3 Å². The Hall–Kier alpha value is -6.44. The van der Waals surface area contributed by atoms with Crippen molar-refractivity contribution in [1.29, 1.82) is 0 Å². The van der Waals surface area contributed by atoms with Crippen molar-refractivity contribution in [3.63, 3.8) is 0 Å². The van der Waals surface area contributed by atoms with E-state index < -0.39 is 0 Å². The summed E-state index contributed by atoms with van der Waals surface area (Å²) in [6.07, 6.45) is 18.5. The predicted octanol–water partition coefficient (Wildman–Crippen LogP) is 5.28. The number of imidazole rings is 2. The van der Waals surface area contributed by atoms with Gasteiger partial charge in [0.05, 0.1) is 46.9 Å². The molecule has 54 heavy (non-hydrogen) atoms. The minimum absolute atomic E-state index is 0.000729. The first kappa shape index (κ1) is 32.2. The topological polar surface area (TPSA) is 158 Å². The number of hydrogen-bond donors (Lipinski definition) is 2. The van der Waals surface area contributed by atoms with Crippen molar-refractivity contribution in [2.45, 2.75) is 38.0 Å². The van der Waals surface area contributed by atoms with E-state index in [4.69, 9.17) is 15.0 Å². The number of likely N-dealkylation sites (tertiary alicyclic amines) is 2. The van der Waals surface area contributed by atoms with Crippen molar-refractivity contribution in [2.24, 2.45) is 11.8 Å². The Labute approximate surface area is 309 Å². The fourth-order valence-electron chi connectivity index (χ4n) is 8.69. The zero-order valence-electron chi connectivity index (χ0n) is 29.7. The molecule has 2 aliphatic rings. The summed E-state index contributed by atoms with van der Waals surface area (Å²) in [6, 6.07) is 11.3. The van der Waals surface area contributed by atoms with Crippen LogP contribution in [0.25, 0.3) is 33.4 Å². The molecule has 8 aromatic heterocycles. The van der Waals surface area contributed by atoms with Crippen LogP contribution in [-0.2, 0) is 6.42 Å². The summed E-state index contributed by atoms with van der Waals surface area (Å²) in [5.74, 6) is 2.26. The molecule has 2 saturated heterocycles. The molecule has 10 heterocycles. The van der Waals surface area contributed by atoms with E-state index >= 15 is 0 Å². The third kappa shape index (κ3) is 5.39. The van der Waals surface area contributed by atoms with Crippen molar-refractivity contribution in [3.05, 3.63) is 121 Å². The van der Waals surface area contributed by atoms with Crippen molar-refractivity contribution >= 4 is 45.2 Å². The average molecular weight is 719 g/mol. The molecule has 2 fully saturated rings. The highest BCUT2D eigenvalue weighted by atomic mass is 16.2. The van der Waals surface area contributed by atoms with Gasteiger partial charge in [-0.3, -0.25) is 28.4 Å². The van der Waals surface area contributed by atoms with E-state index in [1.807, 2.05) is 71.2 Å². The van der Waals surface area contributed by atoms with Gasteiger partial charge in [0.2, 0.25) is 0 Å². The van der Waals surface area contributed by atoms with Gasteiger partial charge in [-0.25, -0.2) is 19.9 Å². The maximum absolute atomic E-state index is 14.2. The second kappa shape index (κ2) is 12.9. The van der Waals surface area contributed by atoms with Crippen molar-refractivity contribution < 1.29 is 9.59 Å². The Balaban J connectivity index is 0.933.